The number of hydrogen-bond donors (Lipinski definition) is 0. The number of hydrogen-bond acceptors (Lipinski definition) is 2. The molecule has 0 radical (unpaired) electrons. The molecule has 0 aromatic heterocycles. The van der Waals surface area contributed by atoms with E-state index in [1.165, 1.54) is 6.07 Å². The second-order valence-corrected chi connectivity index (χ2v) is 4.05. The van der Waals surface area contributed by atoms with Crippen LogP contribution in [0.4, 0.5) is 13.2 Å². The molecule has 1 amide bonds. The molecule has 0 spiro atoms. The largest absolute Gasteiger partial charge is 0.484 e. The minimum Gasteiger partial charge on any atom is -0.484 e. The van der Waals surface area contributed by atoms with E-state index >= 15 is 0 Å². The van der Waals surface area contributed by atoms with Crippen molar-refractivity contribution in [2.24, 2.45) is 0 Å². The molecule has 0 aliphatic carbocycles. The lowest BCUT2D eigenvalue weighted by Gasteiger charge is -2.19. The van der Waals surface area contributed by atoms with Crippen molar-refractivity contribution >= 4 is 17.5 Å². The number of ether oxygens (including phenoxy) is 1. The quantitative estimate of drug-likeness (QED) is 0.849. The van der Waals surface area contributed by atoms with Gasteiger partial charge in [0.05, 0.1) is 0 Å². The van der Waals surface area contributed by atoms with Crippen molar-refractivity contribution in [1.82, 2.24) is 4.90 Å². The van der Waals surface area contributed by atoms with E-state index in [9.17, 15) is 18.0 Å². The fourth-order valence-corrected chi connectivity index (χ4v) is 1.35. The van der Waals surface area contributed by atoms with Gasteiger partial charge in [0, 0.05) is 12.1 Å². The smallest absolute Gasteiger partial charge is 0.406 e. The molecule has 0 aliphatic rings. The number of carbonyl (C=O) groups is 1. The van der Waals surface area contributed by atoms with Crippen LogP contribution in [0.5, 0.6) is 5.75 Å². The molecule has 0 bridgehead atoms. The maximum Gasteiger partial charge on any atom is 0.406 e. The Morgan fingerprint density at radius 3 is 2.67 bits per heavy atom. The molecule has 0 heterocycles. The Kier molecular flexibility index (Phi) is 4.84. The Morgan fingerprint density at radius 2 is 2.11 bits per heavy atom. The molecule has 18 heavy (non-hydrogen) atoms. The summed E-state index contributed by atoms with van der Waals surface area (Å²) in [5, 5.41) is 0.420. The molecule has 100 valence electrons. The predicted octanol–water partition coefficient (Wildman–Crippen LogP) is 2.74. The predicted molar refractivity (Wildman–Crippen MR) is 60.6 cm³/mol. The fourth-order valence-electron chi connectivity index (χ4n) is 1.17. The van der Waals surface area contributed by atoms with E-state index in [2.05, 4.69) is 0 Å². The number of carbonyl (C=O) groups excluding carboxylic acids is 1. The third-order valence-electron chi connectivity index (χ3n) is 2.00. The zero-order valence-corrected chi connectivity index (χ0v) is 10.3. The number of benzene rings is 1. The van der Waals surface area contributed by atoms with Gasteiger partial charge >= 0.3 is 6.18 Å². The number of halogens is 4. The molecule has 3 nitrogen and oxygen atoms in total. The van der Waals surface area contributed by atoms with Gasteiger partial charge in [-0.3, -0.25) is 4.79 Å². The monoisotopic (exact) mass is 281 g/mol. The van der Waals surface area contributed by atoms with Crippen molar-refractivity contribution in [2.75, 3.05) is 20.2 Å². The van der Waals surface area contributed by atoms with Gasteiger partial charge in [0.15, 0.2) is 6.61 Å². The van der Waals surface area contributed by atoms with Gasteiger partial charge in [-0.05, 0) is 18.2 Å². The standard InChI is InChI=1S/C11H11ClF3NO2/c1-16(7-11(13,14)15)10(17)6-18-9-4-2-3-8(12)5-9/h2-5H,6-7H2,1H3. The first-order chi connectivity index (χ1) is 8.28. The summed E-state index contributed by atoms with van der Waals surface area (Å²) >= 11 is 5.69. The Balaban J connectivity index is 2.46. The first kappa shape index (κ1) is 14.6. The minimum absolute atomic E-state index is 0.330. The molecule has 1 aromatic rings. The van der Waals surface area contributed by atoms with Gasteiger partial charge in [0.1, 0.15) is 12.3 Å². The number of rotatable bonds is 4. The summed E-state index contributed by atoms with van der Waals surface area (Å²) in [5.41, 5.74) is 0. The van der Waals surface area contributed by atoms with Gasteiger partial charge in [-0.1, -0.05) is 17.7 Å². The summed E-state index contributed by atoms with van der Waals surface area (Å²) < 4.78 is 41.1. The van der Waals surface area contributed by atoms with E-state index in [0.29, 0.717) is 15.7 Å². The highest BCUT2D eigenvalue weighted by Crippen LogP contribution is 2.18. The molecule has 0 N–H and O–H groups in total. The number of amides is 1. The van der Waals surface area contributed by atoms with Crippen molar-refractivity contribution in [3.63, 3.8) is 0 Å². The van der Waals surface area contributed by atoms with Gasteiger partial charge in [-0.15, -0.1) is 0 Å². The van der Waals surface area contributed by atoms with Crippen LogP contribution < -0.4 is 4.74 Å². The maximum absolute atomic E-state index is 12.0. The van der Waals surface area contributed by atoms with Gasteiger partial charge < -0.3 is 9.64 Å². The average Bonchev–Trinajstić information content (AvgIpc) is 2.23. The van der Waals surface area contributed by atoms with Crippen LogP contribution in [-0.4, -0.2) is 37.2 Å². The highest BCUT2D eigenvalue weighted by atomic mass is 35.5. The van der Waals surface area contributed by atoms with Crippen LogP contribution >= 0.6 is 11.6 Å². The zero-order valence-electron chi connectivity index (χ0n) is 9.50. The summed E-state index contributed by atoms with van der Waals surface area (Å²) in [6.45, 7) is -1.77. The number of alkyl halides is 3. The van der Waals surface area contributed by atoms with Gasteiger partial charge in [-0.2, -0.15) is 13.2 Å². The third-order valence-corrected chi connectivity index (χ3v) is 2.24. The Bertz CT molecular complexity index is 423. The van der Waals surface area contributed by atoms with E-state index in [0.717, 1.165) is 7.05 Å². The Labute approximate surface area is 107 Å². The molecule has 0 saturated heterocycles. The molecule has 7 heteroatoms. The van der Waals surface area contributed by atoms with Crippen molar-refractivity contribution < 1.29 is 22.7 Å². The van der Waals surface area contributed by atoms with E-state index in [4.69, 9.17) is 16.3 Å². The Morgan fingerprint density at radius 1 is 1.44 bits per heavy atom. The van der Waals surface area contributed by atoms with Crippen molar-refractivity contribution in [3.8, 4) is 5.75 Å². The highest BCUT2D eigenvalue weighted by molar-refractivity contribution is 6.30. The van der Waals surface area contributed by atoms with Crippen LogP contribution in [0, 0.1) is 0 Å². The van der Waals surface area contributed by atoms with E-state index < -0.39 is 25.2 Å². The maximum atomic E-state index is 12.0. The van der Waals surface area contributed by atoms with Gasteiger partial charge in [0.25, 0.3) is 5.91 Å². The van der Waals surface area contributed by atoms with Crippen LogP contribution in [0.1, 0.15) is 0 Å². The van der Waals surface area contributed by atoms with Gasteiger partial charge in [-0.25, -0.2) is 0 Å². The lowest BCUT2D eigenvalue weighted by atomic mass is 10.3. The van der Waals surface area contributed by atoms with Crippen molar-refractivity contribution in [1.29, 1.82) is 0 Å². The van der Waals surface area contributed by atoms with Crippen LogP contribution in [0.25, 0.3) is 0 Å². The lowest BCUT2D eigenvalue weighted by molar-refractivity contribution is -0.159. The van der Waals surface area contributed by atoms with E-state index in [1.54, 1.807) is 18.2 Å². The summed E-state index contributed by atoms with van der Waals surface area (Å²) in [6.07, 6.45) is -4.42. The van der Waals surface area contributed by atoms with Crippen LogP contribution in [0.3, 0.4) is 0 Å². The Hall–Kier alpha value is -1.43. The molecule has 0 unspecified atom stereocenters. The summed E-state index contributed by atoms with van der Waals surface area (Å²) in [5.74, 6) is -0.427. The van der Waals surface area contributed by atoms with Crippen LogP contribution in [-0.2, 0) is 4.79 Å². The normalized spacial score (nSPS) is 11.2. The molecular formula is C11H11ClF3NO2. The van der Waals surface area contributed by atoms with Crippen LogP contribution in [0.2, 0.25) is 5.02 Å². The van der Waals surface area contributed by atoms with E-state index in [-0.39, 0.29) is 0 Å². The zero-order chi connectivity index (χ0) is 13.8. The highest BCUT2D eigenvalue weighted by Gasteiger charge is 2.31. The summed E-state index contributed by atoms with van der Waals surface area (Å²) in [7, 11) is 1.07. The molecule has 0 atom stereocenters. The third kappa shape index (κ3) is 5.27. The number of likely N-dealkylation sites (N-methyl/N-ethyl adjacent to an activating group) is 1. The average molecular weight is 282 g/mol. The van der Waals surface area contributed by atoms with Crippen LogP contribution in [0.15, 0.2) is 24.3 Å². The molecular weight excluding hydrogens is 271 g/mol. The lowest BCUT2D eigenvalue weighted by Crippen LogP contribution is -2.38. The summed E-state index contributed by atoms with van der Waals surface area (Å²) in [6, 6.07) is 6.26. The van der Waals surface area contributed by atoms with Crippen molar-refractivity contribution in [2.45, 2.75) is 6.18 Å². The first-order valence-corrected chi connectivity index (χ1v) is 5.35. The molecule has 0 saturated carbocycles. The van der Waals surface area contributed by atoms with E-state index in [1.807, 2.05) is 0 Å². The molecule has 0 aliphatic heterocycles. The molecule has 1 aromatic carbocycles. The second kappa shape index (κ2) is 5.95. The molecule has 1 rings (SSSR count). The van der Waals surface area contributed by atoms with Gasteiger partial charge in [0.2, 0.25) is 0 Å². The fraction of sp³-hybridized carbons (Fsp3) is 0.364. The number of nitrogens with zero attached hydrogens (tertiary/aromatic N) is 1. The molecule has 0 fully saturated rings. The SMILES string of the molecule is CN(CC(F)(F)F)C(=O)COc1cccc(Cl)c1. The second-order valence-electron chi connectivity index (χ2n) is 3.61. The topological polar surface area (TPSA) is 29.5 Å². The first-order valence-electron chi connectivity index (χ1n) is 4.97. The summed E-state index contributed by atoms with van der Waals surface area (Å²) in [4.78, 5) is 11.9. The minimum atomic E-state index is -4.42. The van der Waals surface area contributed by atoms with Crippen molar-refractivity contribution in [3.05, 3.63) is 29.3 Å².